The van der Waals surface area contributed by atoms with Crippen molar-refractivity contribution >= 4 is 10.0 Å². The zero-order valence-corrected chi connectivity index (χ0v) is 17.6. The molecule has 3 N–H and O–H groups in total. The van der Waals surface area contributed by atoms with Crippen molar-refractivity contribution in [3.05, 3.63) is 41.3 Å². The summed E-state index contributed by atoms with van der Waals surface area (Å²) in [6, 6.07) is -0.752. The van der Waals surface area contributed by atoms with Gasteiger partial charge in [-0.1, -0.05) is 0 Å². The molecule has 1 saturated heterocycles. The number of allylic oxidation sites excluding steroid dienone is 3. The molecule has 1 aliphatic carbocycles. The minimum absolute atomic E-state index is 0.0258. The molecule has 0 saturated carbocycles. The number of aromatic nitrogens is 2. The lowest BCUT2D eigenvalue weighted by Gasteiger charge is -2.48. The molecule has 1 aromatic rings. The van der Waals surface area contributed by atoms with Gasteiger partial charge < -0.3 is 10.8 Å². The van der Waals surface area contributed by atoms with Crippen LogP contribution in [0.3, 0.4) is 0 Å². The molecule has 3 aliphatic rings. The third-order valence-corrected chi connectivity index (χ3v) is 7.15. The molecule has 4 atom stereocenters. The summed E-state index contributed by atoms with van der Waals surface area (Å²) in [6.45, 7) is 1.83. The van der Waals surface area contributed by atoms with Gasteiger partial charge >= 0.3 is 0 Å². The highest BCUT2D eigenvalue weighted by molar-refractivity contribution is 7.89. The summed E-state index contributed by atoms with van der Waals surface area (Å²) < 4.78 is 52.7. The average molecular weight is 444 g/mol. The number of β-amino-alcohol motifs (C(OH)–C–C–N with tert-alkyl or cyclic N) is 1. The van der Waals surface area contributed by atoms with E-state index >= 15 is 0 Å². The molecule has 0 aromatic carbocycles. The van der Waals surface area contributed by atoms with Crippen molar-refractivity contribution in [2.24, 2.45) is 11.7 Å². The molecule has 11 heteroatoms. The normalized spacial score (nSPS) is 30.8. The Morgan fingerprint density at radius 2 is 2.07 bits per heavy atom. The van der Waals surface area contributed by atoms with Gasteiger partial charge in [0.1, 0.15) is 11.7 Å². The fraction of sp³-hybridized carbons (Fsp3) is 0.632. The van der Waals surface area contributed by atoms with Gasteiger partial charge in [0.15, 0.2) is 0 Å². The number of aliphatic hydroxyl groups excluding tert-OH is 1. The molecule has 8 nitrogen and oxygen atoms in total. The number of nitrogens with two attached hydrogens (primary N) is 1. The van der Waals surface area contributed by atoms with E-state index in [0.717, 1.165) is 27.7 Å². The first kappa shape index (κ1) is 21.6. The molecule has 0 bridgehead atoms. The van der Waals surface area contributed by atoms with Crippen LogP contribution in [0.25, 0.3) is 0 Å². The van der Waals surface area contributed by atoms with E-state index in [1.54, 1.807) is 6.20 Å². The number of piperidine rings is 1. The molecule has 1 aromatic heterocycles. The van der Waals surface area contributed by atoms with Gasteiger partial charge in [-0.05, 0) is 18.6 Å². The number of hydrogen-bond donors (Lipinski definition) is 2. The predicted octanol–water partition coefficient (Wildman–Crippen LogP) is 0.496. The van der Waals surface area contributed by atoms with Crippen molar-refractivity contribution in [3.8, 4) is 0 Å². The minimum atomic E-state index is -3.42. The largest absolute Gasteiger partial charge is 0.395 e. The topological polar surface area (TPSA) is 105 Å². The lowest BCUT2D eigenvalue weighted by Crippen LogP contribution is -2.62. The first-order valence-electron chi connectivity index (χ1n) is 10.0. The van der Waals surface area contributed by atoms with E-state index in [1.165, 1.54) is 6.08 Å². The third-order valence-electron chi connectivity index (χ3n) is 6.28. The number of hydrogen-bond acceptors (Lipinski definition) is 7. The molecule has 0 spiro atoms. The van der Waals surface area contributed by atoms with Gasteiger partial charge in [-0.15, -0.1) is 0 Å². The fourth-order valence-corrected chi connectivity index (χ4v) is 5.48. The van der Waals surface area contributed by atoms with Crippen LogP contribution in [0.1, 0.15) is 24.1 Å². The summed E-state index contributed by atoms with van der Waals surface area (Å²) in [5.41, 5.74) is 8.05. The van der Waals surface area contributed by atoms with Gasteiger partial charge in [0.2, 0.25) is 0 Å². The summed E-state index contributed by atoms with van der Waals surface area (Å²) in [6.07, 6.45) is 5.53. The highest BCUT2D eigenvalue weighted by Gasteiger charge is 2.43. The van der Waals surface area contributed by atoms with E-state index in [1.807, 2.05) is 4.90 Å². The first-order valence-corrected chi connectivity index (χ1v) is 11.9. The van der Waals surface area contributed by atoms with Crippen molar-refractivity contribution in [1.29, 1.82) is 0 Å². The quantitative estimate of drug-likeness (QED) is 0.683. The molecule has 3 unspecified atom stereocenters. The smallest absolute Gasteiger partial charge is 0.250 e. The Hall–Kier alpha value is -1.66. The van der Waals surface area contributed by atoms with Crippen LogP contribution >= 0.6 is 0 Å². The Balaban J connectivity index is 1.49. The van der Waals surface area contributed by atoms with Crippen molar-refractivity contribution in [2.45, 2.75) is 44.1 Å². The summed E-state index contributed by atoms with van der Waals surface area (Å²) in [4.78, 5) is 4.14. The van der Waals surface area contributed by atoms with E-state index in [9.17, 15) is 22.3 Å². The van der Waals surface area contributed by atoms with Crippen LogP contribution in [0.15, 0.2) is 30.0 Å². The molecule has 1 fully saturated rings. The van der Waals surface area contributed by atoms with Gasteiger partial charge in [0.05, 0.1) is 18.6 Å². The second kappa shape index (κ2) is 8.12. The minimum Gasteiger partial charge on any atom is -0.395 e. The molecule has 166 valence electrons. The Kier molecular flexibility index (Phi) is 5.84. The van der Waals surface area contributed by atoms with Gasteiger partial charge in [0, 0.05) is 68.4 Å². The lowest BCUT2D eigenvalue weighted by atomic mass is 9.80. The highest BCUT2D eigenvalue weighted by atomic mass is 32.2. The van der Waals surface area contributed by atoms with E-state index in [4.69, 9.17) is 5.73 Å². The van der Waals surface area contributed by atoms with Crippen molar-refractivity contribution in [1.82, 2.24) is 19.0 Å². The fourth-order valence-electron chi connectivity index (χ4n) is 4.91. The van der Waals surface area contributed by atoms with Gasteiger partial charge in [-0.3, -0.25) is 9.80 Å². The molecule has 3 heterocycles. The number of likely N-dealkylation sites (tertiary alicyclic amines) is 1. The van der Waals surface area contributed by atoms with E-state index in [2.05, 4.69) is 10.00 Å². The molecular formula is C19H27F2N5O3S. The van der Waals surface area contributed by atoms with Crippen LogP contribution < -0.4 is 5.73 Å². The Morgan fingerprint density at radius 1 is 1.30 bits per heavy atom. The zero-order chi connectivity index (χ0) is 21.6. The molecular weight excluding hydrogens is 416 g/mol. The average Bonchev–Trinajstić information content (AvgIpc) is 3.23. The molecule has 4 rings (SSSR count). The summed E-state index contributed by atoms with van der Waals surface area (Å²) in [5.74, 6) is -1.41. The standard InChI is InChI=1S/C19H27F2N5O3S/c1-30(28,29)26-9-12-8-25(11-18(12)23-26)14-7-17(22)19(24(10-14)4-5-27)15-6-13(20)2-3-16(15)21/h2-3,9,14-15,17,19,27H,4-8,10-11,22H2,1H3/t14?,15?,17?,19-/m1/s1. The Labute approximate surface area is 174 Å². The van der Waals surface area contributed by atoms with Crippen LogP contribution in [0.2, 0.25) is 0 Å². The van der Waals surface area contributed by atoms with Crippen molar-refractivity contribution in [3.63, 3.8) is 0 Å². The predicted molar refractivity (Wildman–Crippen MR) is 107 cm³/mol. The van der Waals surface area contributed by atoms with Crippen LogP contribution in [0.4, 0.5) is 8.78 Å². The van der Waals surface area contributed by atoms with Crippen LogP contribution in [0.5, 0.6) is 0 Å². The molecule has 0 radical (unpaired) electrons. The molecule has 0 amide bonds. The second-order valence-corrected chi connectivity index (χ2v) is 10.2. The van der Waals surface area contributed by atoms with Crippen molar-refractivity contribution in [2.75, 3.05) is 26.0 Å². The second-order valence-electron chi connectivity index (χ2n) is 8.38. The maximum absolute atomic E-state index is 14.5. The summed E-state index contributed by atoms with van der Waals surface area (Å²) in [7, 11) is -3.42. The SMILES string of the molecule is CS(=O)(=O)n1cc2c(n1)CN(C1CC(N)[C@@H](C3CC(F)=CC=C3F)N(CCO)C1)C2. The Bertz CT molecular complexity index is 953. The van der Waals surface area contributed by atoms with Crippen LogP contribution in [0, 0.1) is 5.92 Å². The molecule has 2 aliphatic heterocycles. The maximum atomic E-state index is 14.5. The summed E-state index contributed by atoms with van der Waals surface area (Å²) in [5, 5.41) is 13.7. The molecule has 30 heavy (non-hydrogen) atoms. The van der Waals surface area contributed by atoms with Crippen molar-refractivity contribution < 1.29 is 22.3 Å². The number of aliphatic hydroxyl groups is 1. The number of rotatable bonds is 5. The lowest BCUT2D eigenvalue weighted by molar-refractivity contribution is 0.0112. The third kappa shape index (κ3) is 4.09. The number of halogens is 2. The maximum Gasteiger partial charge on any atom is 0.250 e. The van der Waals surface area contributed by atoms with Crippen LogP contribution in [-0.4, -0.2) is 76.6 Å². The zero-order valence-electron chi connectivity index (χ0n) is 16.8. The number of nitrogens with zero attached hydrogens (tertiary/aromatic N) is 4. The van der Waals surface area contributed by atoms with E-state index < -0.39 is 28.0 Å². The van der Waals surface area contributed by atoms with Gasteiger partial charge in [-0.2, -0.15) is 9.19 Å². The van der Waals surface area contributed by atoms with Gasteiger partial charge in [0.25, 0.3) is 10.0 Å². The number of fused-ring (bicyclic) bond motifs is 1. The summed E-state index contributed by atoms with van der Waals surface area (Å²) >= 11 is 0. The highest BCUT2D eigenvalue weighted by Crippen LogP contribution is 2.37. The van der Waals surface area contributed by atoms with Gasteiger partial charge in [-0.25, -0.2) is 17.2 Å². The Morgan fingerprint density at radius 3 is 2.73 bits per heavy atom. The van der Waals surface area contributed by atoms with Crippen LogP contribution in [-0.2, 0) is 23.1 Å². The monoisotopic (exact) mass is 443 g/mol. The van der Waals surface area contributed by atoms with E-state index in [0.29, 0.717) is 32.6 Å². The first-order chi connectivity index (χ1) is 14.2. The van der Waals surface area contributed by atoms with E-state index in [-0.39, 0.29) is 30.7 Å².